The third-order valence-electron chi connectivity index (χ3n) is 5.37. The number of thiophene rings is 1. The molecule has 0 saturated carbocycles. The van der Waals surface area contributed by atoms with E-state index < -0.39 is 0 Å². The lowest BCUT2D eigenvalue weighted by atomic mass is 10.0. The Hall–Kier alpha value is -2.51. The van der Waals surface area contributed by atoms with Gasteiger partial charge in [0.15, 0.2) is 11.5 Å². The van der Waals surface area contributed by atoms with E-state index in [1.807, 2.05) is 24.3 Å². The monoisotopic (exact) mass is 393 g/mol. The van der Waals surface area contributed by atoms with Crippen LogP contribution < -0.4 is 4.74 Å². The fourth-order valence-corrected chi connectivity index (χ4v) is 4.95. The van der Waals surface area contributed by atoms with Gasteiger partial charge in [0.1, 0.15) is 23.5 Å². The summed E-state index contributed by atoms with van der Waals surface area (Å²) in [4.78, 5) is 14.4. The Morgan fingerprint density at radius 3 is 2.82 bits per heavy atom. The van der Waals surface area contributed by atoms with Crippen LogP contribution >= 0.6 is 11.3 Å². The highest BCUT2D eigenvalue weighted by Gasteiger charge is 2.25. The molecule has 0 bridgehead atoms. The fraction of sp³-hybridized carbons (Fsp3) is 0.381. The van der Waals surface area contributed by atoms with E-state index in [1.54, 1.807) is 22.2 Å². The molecule has 0 saturated heterocycles. The van der Waals surface area contributed by atoms with E-state index in [0.29, 0.717) is 18.5 Å². The third-order valence-corrected chi connectivity index (χ3v) is 6.49. The maximum Gasteiger partial charge on any atom is 0.189 e. The van der Waals surface area contributed by atoms with E-state index >= 15 is 0 Å². The van der Waals surface area contributed by atoms with Crippen molar-refractivity contribution in [2.24, 2.45) is 0 Å². The molecule has 6 nitrogen and oxygen atoms in total. The van der Waals surface area contributed by atoms with Crippen molar-refractivity contribution in [3.05, 3.63) is 52.4 Å². The van der Waals surface area contributed by atoms with Crippen molar-refractivity contribution in [1.29, 1.82) is 0 Å². The van der Waals surface area contributed by atoms with Crippen LogP contribution in [0.3, 0.4) is 0 Å². The lowest BCUT2D eigenvalue weighted by Gasteiger charge is -2.30. The Labute approximate surface area is 167 Å². The maximum absolute atomic E-state index is 5.86. The highest BCUT2D eigenvalue weighted by molar-refractivity contribution is 7.19. The average Bonchev–Trinajstić information content (AvgIpc) is 3.27. The third kappa shape index (κ3) is 3.04. The second-order valence-corrected chi connectivity index (χ2v) is 8.72. The van der Waals surface area contributed by atoms with Crippen LogP contribution in [0.5, 0.6) is 5.75 Å². The van der Waals surface area contributed by atoms with Crippen molar-refractivity contribution in [2.45, 2.75) is 46.4 Å². The number of aryl methyl sites for hydroxylation is 1. The number of hydrogen-bond acceptors (Lipinski definition) is 6. The molecule has 1 aliphatic rings. The summed E-state index contributed by atoms with van der Waals surface area (Å²) >= 11 is 1.79. The van der Waals surface area contributed by atoms with Gasteiger partial charge in [0.05, 0.1) is 5.39 Å². The van der Waals surface area contributed by atoms with Gasteiger partial charge in [-0.25, -0.2) is 14.5 Å². The summed E-state index contributed by atoms with van der Waals surface area (Å²) in [5.41, 5.74) is 3.50. The van der Waals surface area contributed by atoms with Gasteiger partial charge in [-0.15, -0.1) is 16.4 Å². The van der Waals surface area contributed by atoms with Crippen LogP contribution in [-0.4, -0.2) is 37.1 Å². The van der Waals surface area contributed by atoms with Crippen LogP contribution in [0.1, 0.15) is 35.7 Å². The summed E-state index contributed by atoms with van der Waals surface area (Å²) in [5, 5.41) is 5.75. The number of nitrogens with zero attached hydrogens (tertiary/aromatic N) is 5. The summed E-state index contributed by atoms with van der Waals surface area (Å²) in [6, 6.07) is 8.59. The van der Waals surface area contributed by atoms with Crippen molar-refractivity contribution in [3.63, 3.8) is 0 Å². The van der Waals surface area contributed by atoms with Crippen molar-refractivity contribution in [3.8, 4) is 5.75 Å². The largest absolute Gasteiger partial charge is 0.486 e. The second-order valence-electron chi connectivity index (χ2n) is 7.64. The van der Waals surface area contributed by atoms with Gasteiger partial charge >= 0.3 is 0 Å². The minimum absolute atomic E-state index is 0.347. The SMILES string of the molecule is Cc1ccc(OCc2nc3c4c5c(sc4ncn3n2)CN(C(C)C)CC5)cc1. The topological polar surface area (TPSA) is 55.6 Å². The summed E-state index contributed by atoms with van der Waals surface area (Å²) in [6.07, 6.45) is 2.80. The van der Waals surface area contributed by atoms with Gasteiger partial charge in [0.2, 0.25) is 0 Å². The molecule has 28 heavy (non-hydrogen) atoms. The van der Waals surface area contributed by atoms with Crippen molar-refractivity contribution >= 4 is 27.2 Å². The lowest BCUT2D eigenvalue weighted by molar-refractivity contribution is 0.206. The van der Waals surface area contributed by atoms with Crippen LogP contribution in [0.25, 0.3) is 15.9 Å². The number of hydrogen-bond donors (Lipinski definition) is 0. The molecular formula is C21H23N5OS. The van der Waals surface area contributed by atoms with Crippen LogP contribution in [0.15, 0.2) is 30.6 Å². The van der Waals surface area contributed by atoms with Crippen LogP contribution in [-0.2, 0) is 19.6 Å². The standard InChI is InChI=1S/C21H23N5OS/c1-13(2)25-9-8-16-17(10-25)28-21-19(16)20-23-18(24-26(20)12-22-21)11-27-15-6-4-14(3)5-7-15/h4-7,12-13H,8-11H2,1-3H3. The molecule has 0 aliphatic carbocycles. The van der Waals surface area contributed by atoms with Gasteiger partial charge in [-0.2, -0.15) is 0 Å². The second kappa shape index (κ2) is 6.83. The molecule has 0 fully saturated rings. The van der Waals surface area contributed by atoms with Gasteiger partial charge in [0, 0.05) is 24.0 Å². The Morgan fingerprint density at radius 1 is 1.21 bits per heavy atom. The molecule has 0 N–H and O–H groups in total. The van der Waals surface area contributed by atoms with Gasteiger partial charge < -0.3 is 4.74 Å². The van der Waals surface area contributed by atoms with Crippen molar-refractivity contribution in [2.75, 3.05) is 6.54 Å². The van der Waals surface area contributed by atoms with Crippen molar-refractivity contribution < 1.29 is 4.74 Å². The van der Waals surface area contributed by atoms with Gasteiger partial charge in [-0.05, 0) is 44.9 Å². The summed E-state index contributed by atoms with van der Waals surface area (Å²) in [7, 11) is 0. The number of ether oxygens (including phenoxy) is 1. The van der Waals surface area contributed by atoms with Gasteiger partial charge in [-0.1, -0.05) is 17.7 Å². The zero-order valence-corrected chi connectivity index (χ0v) is 17.2. The molecule has 7 heteroatoms. The first kappa shape index (κ1) is 17.6. The molecule has 4 heterocycles. The minimum atomic E-state index is 0.347. The highest BCUT2D eigenvalue weighted by Crippen LogP contribution is 2.36. The summed E-state index contributed by atoms with van der Waals surface area (Å²) < 4.78 is 7.65. The molecule has 4 aromatic rings. The van der Waals surface area contributed by atoms with Crippen molar-refractivity contribution in [1.82, 2.24) is 24.5 Å². The molecule has 1 aromatic carbocycles. The number of benzene rings is 1. The van der Waals surface area contributed by atoms with E-state index in [2.05, 4.69) is 35.8 Å². The Morgan fingerprint density at radius 2 is 2.04 bits per heavy atom. The van der Waals surface area contributed by atoms with E-state index in [1.165, 1.54) is 21.4 Å². The predicted molar refractivity (Wildman–Crippen MR) is 111 cm³/mol. The normalized spacial score (nSPS) is 14.9. The molecule has 0 amide bonds. The quantitative estimate of drug-likeness (QED) is 0.525. The number of aromatic nitrogens is 4. The molecule has 0 spiro atoms. The number of fused-ring (bicyclic) bond motifs is 5. The van der Waals surface area contributed by atoms with E-state index in [-0.39, 0.29) is 0 Å². The fourth-order valence-electron chi connectivity index (χ4n) is 3.74. The zero-order chi connectivity index (χ0) is 19.3. The maximum atomic E-state index is 5.86. The Kier molecular flexibility index (Phi) is 4.29. The molecule has 3 aromatic heterocycles. The molecule has 0 atom stereocenters. The minimum Gasteiger partial charge on any atom is -0.486 e. The Bertz CT molecular complexity index is 1150. The Balaban J connectivity index is 1.48. The van der Waals surface area contributed by atoms with E-state index in [0.717, 1.165) is 35.7 Å². The van der Waals surface area contributed by atoms with Gasteiger partial charge in [0.25, 0.3) is 0 Å². The van der Waals surface area contributed by atoms with Crippen LogP contribution in [0, 0.1) is 6.92 Å². The van der Waals surface area contributed by atoms with Crippen LogP contribution in [0.4, 0.5) is 0 Å². The molecule has 5 rings (SSSR count). The first-order chi connectivity index (χ1) is 13.6. The average molecular weight is 394 g/mol. The molecule has 0 unspecified atom stereocenters. The first-order valence-electron chi connectivity index (χ1n) is 9.66. The van der Waals surface area contributed by atoms with Gasteiger partial charge in [-0.3, -0.25) is 4.90 Å². The number of rotatable bonds is 4. The first-order valence-corrected chi connectivity index (χ1v) is 10.5. The highest BCUT2D eigenvalue weighted by atomic mass is 32.1. The molecule has 0 radical (unpaired) electrons. The van der Waals surface area contributed by atoms with E-state index in [4.69, 9.17) is 9.72 Å². The smallest absolute Gasteiger partial charge is 0.189 e. The predicted octanol–water partition coefficient (Wildman–Crippen LogP) is 3.99. The molecular weight excluding hydrogens is 370 g/mol. The summed E-state index contributed by atoms with van der Waals surface area (Å²) in [6.45, 7) is 9.00. The van der Waals surface area contributed by atoms with Crippen LogP contribution in [0.2, 0.25) is 0 Å². The molecule has 144 valence electrons. The van der Waals surface area contributed by atoms with E-state index in [9.17, 15) is 0 Å². The molecule has 1 aliphatic heterocycles. The lowest BCUT2D eigenvalue weighted by Crippen LogP contribution is -2.35. The zero-order valence-electron chi connectivity index (χ0n) is 16.3. The summed E-state index contributed by atoms with van der Waals surface area (Å²) in [5.74, 6) is 1.50.